The maximum Gasteiger partial charge on any atom is 0.191 e. The van der Waals surface area contributed by atoms with Gasteiger partial charge in [0.2, 0.25) is 0 Å². The number of hydrogen-bond acceptors (Lipinski definition) is 3. The number of aliphatic imine (C=N–C) groups is 1. The zero-order chi connectivity index (χ0) is 16.9. The Hall–Kier alpha value is -2.76. The molecular weight excluding hydrogens is 302 g/mol. The molecule has 0 aliphatic heterocycles. The van der Waals surface area contributed by atoms with Gasteiger partial charge in [0.25, 0.3) is 0 Å². The monoisotopic (exact) mass is 325 g/mol. The zero-order valence-corrected chi connectivity index (χ0v) is 14.3. The smallest absolute Gasteiger partial charge is 0.191 e. The molecule has 126 valence electrons. The molecule has 0 saturated carbocycles. The first-order chi connectivity index (χ1) is 11.7. The first-order valence-corrected chi connectivity index (χ1v) is 8.10. The Morgan fingerprint density at radius 1 is 1.25 bits per heavy atom. The molecule has 0 unspecified atom stereocenters. The van der Waals surface area contributed by atoms with E-state index in [9.17, 15) is 0 Å². The molecule has 0 saturated heterocycles. The summed E-state index contributed by atoms with van der Waals surface area (Å²) in [5.41, 5.74) is 4.47. The maximum atomic E-state index is 5.18. The predicted molar refractivity (Wildman–Crippen MR) is 96.2 cm³/mol. The van der Waals surface area contributed by atoms with E-state index < -0.39 is 0 Å². The molecule has 3 N–H and O–H groups in total. The summed E-state index contributed by atoms with van der Waals surface area (Å²) in [6, 6.07) is 8.35. The molecule has 0 spiro atoms. The summed E-state index contributed by atoms with van der Waals surface area (Å²) in [5, 5.41) is 11.9. The second kappa shape index (κ2) is 7.21. The van der Waals surface area contributed by atoms with Crippen LogP contribution in [0.25, 0.3) is 10.9 Å². The molecule has 0 atom stereocenters. The number of nitrogens with one attached hydrogen (secondary N) is 3. The molecule has 2 heterocycles. The van der Waals surface area contributed by atoms with Crippen LogP contribution in [0, 0.1) is 13.8 Å². The average Bonchev–Trinajstić information content (AvgIpc) is 3.15. The van der Waals surface area contributed by atoms with E-state index >= 15 is 0 Å². The summed E-state index contributed by atoms with van der Waals surface area (Å²) >= 11 is 0. The van der Waals surface area contributed by atoms with E-state index in [1.165, 1.54) is 16.5 Å². The van der Waals surface area contributed by atoms with E-state index in [0.717, 1.165) is 35.9 Å². The Morgan fingerprint density at radius 2 is 2.08 bits per heavy atom. The molecule has 3 rings (SSSR count). The summed E-state index contributed by atoms with van der Waals surface area (Å²) in [4.78, 5) is 7.57. The second-order valence-electron chi connectivity index (χ2n) is 5.76. The van der Waals surface area contributed by atoms with E-state index in [1.54, 1.807) is 7.05 Å². The minimum Gasteiger partial charge on any atom is -0.361 e. The molecule has 0 fully saturated rings. The highest BCUT2D eigenvalue weighted by Gasteiger charge is 2.09. The molecule has 2 aromatic heterocycles. The molecule has 0 bridgehead atoms. The number of nitrogens with zero attached hydrogens (tertiary/aromatic N) is 2. The molecule has 6 nitrogen and oxygen atoms in total. The van der Waals surface area contributed by atoms with Crippen molar-refractivity contribution in [1.29, 1.82) is 0 Å². The van der Waals surface area contributed by atoms with Crippen LogP contribution in [0.5, 0.6) is 0 Å². The SMILES string of the molecule is CN=C(NCCc1c[nH]c2ccccc12)NCc1c(C)noc1C. The van der Waals surface area contributed by atoms with Crippen molar-refractivity contribution >= 4 is 16.9 Å². The van der Waals surface area contributed by atoms with Gasteiger partial charge in [0.05, 0.1) is 5.69 Å². The van der Waals surface area contributed by atoms with Gasteiger partial charge in [-0.1, -0.05) is 23.4 Å². The fraction of sp³-hybridized carbons (Fsp3) is 0.333. The molecule has 0 aliphatic carbocycles. The molecule has 1 aromatic carbocycles. The summed E-state index contributed by atoms with van der Waals surface area (Å²) in [5.74, 6) is 1.61. The van der Waals surface area contributed by atoms with E-state index in [-0.39, 0.29) is 0 Å². The molecule has 24 heavy (non-hydrogen) atoms. The molecule has 3 aromatic rings. The van der Waals surface area contributed by atoms with Gasteiger partial charge in [-0.25, -0.2) is 0 Å². The summed E-state index contributed by atoms with van der Waals surface area (Å²) in [6.07, 6.45) is 3.00. The number of rotatable bonds is 5. The van der Waals surface area contributed by atoms with Crippen molar-refractivity contribution < 1.29 is 4.52 Å². The van der Waals surface area contributed by atoms with E-state index in [2.05, 4.69) is 50.2 Å². The number of aromatic amines is 1. The van der Waals surface area contributed by atoms with Gasteiger partial charge in [-0.05, 0) is 31.9 Å². The highest BCUT2D eigenvalue weighted by molar-refractivity contribution is 5.83. The van der Waals surface area contributed by atoms with Gasteiger partial charge in [0.1, 0.15) is 5.76 Å². The second-order valence-corrected chi connectivity index (χ2v) is 5.76. The third-order valence-corrected chi connectivity index (χ3v) is 4.20. The quantitative estimate of drug-likeness (QED) is 0.498. The lowest BCUT2D eigenvalue weighted by Crippen LogP contribution is -2.38. The van der Waals surface area contributed by atoms with Crippen molar-refractivity contribution in [3.63, 3.8) is 0 Å². The van der Waals surface area contributed by atoms with Gasteiger partial charge in [-0.3, -0.25) is 4.99 Å². The van der Waals surface area contributed by atoms with Gasteiger partial charge < -0.3 is 20.1 Å². The van der Waals surface area contributed by atoms with Crippen LogP contribution in [-0.4, -0.2) is 29.7 Å². The molecule has 0 amide bonds. The van der Waals surface area contributed by atoms with Gasteiger partial charge in [-0.15, -0.1) is 0 Å². The van der Waals surface area contributed by atoms with Crippen molar-refractivity contribution in [1.82, 2.24) is 20.8 Å². The Kier molecular flexibility index (Phi) is 4.84. The van der Waals surface area contributed by atoms with Gasteiger partial charge in [0.15, 0.2) is 5.96 Å². The average molecular weight is 325 g/mol. The summed E-state index contributed by atoms with van der Waals surface area (Å²) in [6.45, 7) is 5.32. The zero-order valence-electron chi connectivity index (χ0n) is 14.3. The first kappa shape index (κ1) is 16.1. The Labute approximate surface area is 141 Å². The maximum absolute atomic E-state index is 5.18. The van der Waals surface area contributed by atoms with Crippen molar-refractivity contribution in [3.05, 3.63) is 53.0 Å². The standard InChI is InChI=1S/C18H23N5O/c1-12-16(13(2)24-23-12)11-22-18(19-3)20-9-8-14-10-21-17-7-5-4-6-15(14)17/h4-7,10,21H,8-9,11H2,1-3H3,(H2,19,20,22). The first-order valence-electron chi connectivity index (χ1n) is 8.10. The van der Waals surface area contributed by atoms with Crippen molar-refractivity contribution in [2.45, 2.75) is 26.8 Å². The summed E-state index contributed by atoms with van der Waals surface area (Å²) < 4.78 is 5.18. The van der Waals surface area contributed by atoms with E-state index in [0.29, 0.717) is 6.54 Å². The van der Waals surface area contributed by atoms with Crippen LogP contribution in [0.4, 0.5) is 0 Å². The number of benzene rings is 1. The lowest BCUT2D eigenvalue weighted by molar-refractivity contribution is 0.392. The number of aromatic nitrogens is 2. The van der Waals surface area contributed by atoms with Crippen molar-refractivity contribution in [3.8, 4) is 0 Å². The Morgan fingerprint density at radius 3 is 2.83 bits per heavy atom. The third-order valence-electron chi connectivity index (χ3n) is 4.20. The lowest BCUT2D eigenvalue weighted by atomic mass is 10.1. The molecule has 0 aliphatic rings. The third kappa shape index (κ3) is 3.42. The van der Waals surface area contributed by atoms with Gasteiger partial charge >= 0.3 is 0 Å². The number of aryl methyl sites for hydroxylation is 2. The number of fused-ring (bicyclic) bond motifs is 1. The fourth-order valence-electron chi connectivity index (χ4n) is 2.80. The van der Waals surface area contributed by atoms with Gasteiger partial charge in [0, 0.05) is 42.8 Å². The minimum atomic E-state index is 0.647. The van der Waals surface area contributed by atoms with E-state index in [1.807, 2.05) is 19.9 Å². The van der Waals surface area contributed by atoms with E-state index in [4.69, 9.17) is 4.52 Å². The highest BCUT2D eigenvalue weighted by Crippen LogP contribution is 2.17. The normalized spacial score (nSPS) is 11.9. The van der Waals surface area contributed by atoms with Crippen LogP contribution in [-0.2, 0) is 13.0 Å². The number of guanidine groups is 1. The predicted octanol–water partition coefficient (Wildman–Crippen LogP) is 2.68. The topological polar surface area (TPSA) is 78.2 Å². The number of para-hydroxylation sites is 1. The number of hydrogen-bond donors (Lipinski definition) is 3. The van der Waals surface area contributed by atoms with Gasteiger partial charge in [-0.2, -0.15) is 0 Å². The highest BCUT2D eigenvalue weighted by atomic mass is 16.5. The Bertz CT molecular complexity index is 827. The fourth-order valence-corrected chi connectivity index (χ4v) is 2.80. The summed E-state index contributed by atoms with van der Waals surface area (Å²) in [7, 11) is 1.77. The largest absolute Gasteiger partial charge is 0.361 e. The van der Waals surface area contributed by atoms with Crippen LogP contribution in [0.3, 0.4) is 0 Å². The van der Waals surface area contributed by atoms with Crippen LogP contribution in [0.2, 0.25) is 0 Å². The number of H-pyrrole nitrogens is 1. The molecule has 0 radical (unpaired) electrons. The Balaban J connectivity index is 1.53. The van der Waals surface area contributed by atoms with Crippen LogP contribution >= 0.6 is 0 Å². The van der Waals surface area contributed by atoms with Crippen LogP contribution in [0.15, 0.2) is 40.0 Å². The lowest BCUT2D eigenvalue weighted by Gasteiger charge is -2.11. The van der Waals surface area contributed by atoms with Crippen LogP contribution in [0.1, 0.15) is 22.6 Å². The van der Waals surface area contributed by atoms with Crippen molar-refractivity contribution in [2.24, 2.45) is 4.99 Å². The van der Waals surface area contributed by atoms with Crippen LogP contribution < -0.4 is 10.6 Å². The molecule has 6 heteroatoms. The minimum absolute atomic E-state index is 0.647. The van der Waals surface area contributed by atoms with Crippen molar-refractivity contribution in [2.75, 3.05) is 13.6 Å². The molecular formula is C18H23N5O.